The fourth-order valence-corrected chi connectivity index (χ4v) is 1.60. The van der Waals surface area contributed by atoms with E-state index in [0.717, 1.165) is 18.7 Å². The van der Waals surface area contributed by atoms with Crippen LogP contribution in [0.4, 0.5) is 5.69 Å². The van der Waals surface area contributed by atoms with Crippen molar-refractivity contribution in [3.05, 3.63) is 59.9 Å². The minimum absolute atomic E-state index is 0.440. The smallest absolute Gasteiger partial charge is 0.142 e. The van der Waals surface area contributed by atoms with Crippen LogP contribution < -0.4 is 5.32 Å². The van der Waals surface area contributed by atoms with Gasteiger partial charge in [-0.25, -0.2) is 4.98 Å². The van der Waals surface area contributed by atoms with Gasteiger partial charge in [0.25, 0.3) is 0 Å². The molecular formula is C14H13N3. The molecule has 2 rings (SSSR count). The van der Waals surface area contributed by atoms with Crippen LogP contribution in [0.15, 0.2) is 48.7 Å². The molecule has 0 aliphatic rings. The molecule has 3 nitrogen and oxygen atoms in total. The summed E-state index contributed by atoms with van der Waals surface area (Å²) in [7, 11) is 0. The van der Waals surface area contributed by atoms with Crippen LogP contribution in [0.5, 0.6) is 0 Å². The summed E-state index contributed by atoms with van der Waals surface area (Å²) >= 11 is 0. The summed E-state index contributed by atoms with van der Waals surface area (Å²) in [6.07, 6.45) is 2.61. The first-order valence-corrected chi connectivity index (χ1v) is 5.52. The number of benzene rings is 1. The summed E-state index contributed by atoms with van der Waals surface area (Å²) in [4.78, 5) is 3.92. The highest BCUT2D eigenvalue weighted by molar-refractivity contribution is 5.45. The molecule has 0 saturated carbocycles. The van der Waals surface area contributed by atoms with Crippen molar-refractivity contribution >= 4 is 5.69 Å². The maximum Gasteiger partial charge on any atom is 0.142 e. The summed E-state index contributed by atoms with van der Waals surface area (Å²) in [5.74, 6) is 0. The Kier molecular flexibility index (Phi) is 3.72. The van der Waals surface area contributed by atoms with Gasteiger partial charge in [-0.15, -0.1) is 0 Å². The molecule has 84 valence electrons. The van der Waals surface area contributed by atoms with Gasteiger partial charge in [-0.1, -0.05) is 30.3 Å². The van der Waals surface area contributed by atoms with Gasteiger partial charge in [-0.05, 0) is 24.1 Å². The number of pyridine rings is 1. The predicted octanol–water partition coefficient (Wildman–Crippen LogP) is 2.61. The molecule has 0 unspecified atom stereocenters. The lowest BCUT2D eigenvalue weighted by Gasteiger charge is -2.06. The summed E-state index contributed by atoms with van der Waals surface area (Å²) in [6.45, 7) is 0.846. The largest absolute Gasteiger partial charge is 0.385 e. The molecule has 0 aliphatic heterocycles. The molecule has 0 fully saturated rings. The van der Waals surface area contributed by atoms with Gasteiger partial charge in [0.15, 0.2) is 0 Å². The molecule has 2 aromatic rings. The van der Waals surface area contributed by atoms with Crippen molar-refractivity contribution in [3.63, 3.8) is 0 Å². The van der Waals surface area contributed by atoms with Crippen molar-refractivity contribution in [2.75, 3.05) is 11.9 Å². The molecular weight excluding hydrogens is 210 g/mol. The first-order chi connectivity index (χ1) is 8.38. The first-order valence-electron chi connectivity index (χ1n) is 5.52. The van der Waals surface area contributed by atoms with Gasteiger partial charge < -0.3 is 5.32 Å². The number of nitriles is 1. The molecule has 0 aliphatic carbocycles. The van der Waals surface area contributed by atoms with E-state index >= 15 is 0 Å². The van der Waals surface area contributed by atoms with Gasteiger partial charge in [-0.2, -0.15) is 5.26 Å². The zero-order chi connectivity index (χ0) is 11.9. The second-order valence-electron chi connectivity index (χ2n) is 3.70. The van der Waals surface area contributed by atoms with Crippen LogP contribution in [0.2, 0.25) is 0 Å². The quantitative estimate of drug-likeness (QED) is 0.866. The van der Waals surface area contributed by atoms with Gasteiger partial charge in [0.2, 0.25) is 0 Å². The summed E-state index contributed by atoms with van der Waals surface area (Å²) in [6, 6.07) is 15.9. The van der Waals surface area contributed by atoms with Crippen LogP contribution in [-0.4, -0.2) is 11.5 Å². The highest BCUT2D eigenvalue weighted by atomic mass is 14.9. The fourth-order valence-electron chi connectivity index (χ4n) is 1.60. The molecule has 1 aromatic carbocycles. The Labute approximate surface area is 101 Å². The first kappa shape index (κ1) is 11.2. The molecule has 0 bridgehead atoms. The molecule has 1 N–H and O–H groups in total. The maximum atomic E-state index is 8.73. The lowest BCUT2D eigenvalue weighted by atomic mass is 10.1. The van der Waals surface area contributed by atoms with Crippen LogP contribution >= 0.6 is 0 Å². The number of anilines is 1. The minimum Gasteiger partial charge on any atom is -0.385 e. The Hall–Kier alpha value is -2.34. The monoisotopic (exact) mass is 223 g/mol. The number of aromatic nitrogens is 1. The zero-order valence-corrected chi connectivity index (χ0v) is 9.43. The lowest BCUT2D eigenvalue weighted by Crippen LogP contribution is -2.05. The van der Waals surface area contributed by atoms with Crippen molar-refractivity contribution < 1.29 is 0 Å². The van der Waals surface area contributed by atoms with E-state index in [1.165, 1.54) is 5.56 Å². The van der Waals surface area contributed by atoms with E-state index < -0.39 is 0 Å². The highest BCUT2D eigenvalue weighted by Gasteiger charge is 1.96. The Bertz CT molecular complexity index is 514. The second kappa shape index (κ2) is 5.66. The molecule has 1 aromatic heterocycles. The molecule has 0 atom stereocenters. The van der Waals surface area contributed by atoms with Crippen molar-refractivity contribution in [2.24, 2.45) is 0 Å². The van der Waals surface area contributed by atoms with Crippen molar-refractivity contribution in [3.8, 4) is 6.07 Å². The van der Waals surface area contributed by atoms with Gasteiger partial charge in [0, 0.05) is 18.4 Å². The van der Waals surface area contributed by atoms with Gasteiger partial charge in [0.05, 0.1) is 0 Å². The Morgan fingerprint density at radius 3 is 2.76 bits per heavy atom. The number of nitrogens with zero attached hydrogens (tertiary/aromatic N) is 2. The number of rotatable bonds is 4. The van der Waals surface area contributed by atoms with Crippen LogP contribution in [0, 0.1) is 11.3 Å². The van der Waals surface area contributed by atoms with E-state index in [1.807, 2.05) is 30.3 Å². The van der Waals surface area contributed by atoms with Gasteiger partial charge >= 0.3 is 0 Å². The van der Waals surface area contributed by atoms with Crippen molar-refractivity contribution in [2.45, 2.75) is 6.42 Å². The predicted molar refractivity (Wildman–Crippen MR) is 67.6 cm³/mol. The number of nitrogens with one attached hydrogen (secondary N) is 1. The maximum absolute atomic E-state index is 8.73. The van der Waals surface area contributed by atoms with Crippen molar-refractivity contribution in [1.82, 2.24) is 4.98 Å². The Morgan fingerprint density at radius 2 is 2.00 bits per heavy atom. The van der Waals surface area contributed by atoms with E-state index in [0.29, 0.717) is 5.69 Å². The third kappa shape index (κ3) is 3.32. The highest BCUT2D eigenvalue weighted by Crippen LogP contribution is 2.07. The second-order valence-corrected chi connectivity index (χ2v) is 3.70. The minimum atomic E-state index is 0.440. The average molecular weight is 223 g/mol. The SMILES string of the molecule is N#Cc1cc(NCCc2ccccc2)ccn1. The van der Waals surface area contributed by atoms with Crippen LogP contribution in [0.3, 0.4) is 0 Å². The standard InChI is InChI=1S/C14H13N3/c15-11-14-10-13(7-9-17-14)16-8-6-12-4-2-1-3-5-12/h1-5,7,9-10H,6,8H2,(H,16,17). The van der Waals surface area contributed by atoms with Gasteiger partial charge in [0.1, 0.15) is 11.8 Å². The molecule has 0 amide bonds. The van der Waals surface area contributed by atoms with Crippen LogP contribution in [-0.2, 0) is 6.42 Å². The Balaban J connectivity index is 1.88. The summed E-state index contributed by atoms with van der Waals surface area (Å²) < 4.78 is 0. The normalized spacial score (nSPS) is 9.59. The van der Waals surface area contributed by atoms with E-state index in [9.17, 15) is 0 Å². The van der Waals surface area contributed by atoms with Crippen LogP contribution in [0.25, 0.3) is 0 Å². The molecule has 17 heavy (non-hydrogen) atoms. The molecule has 0 radical (unpaired) electrons. The third-order valence-electron chi connectivity index (χ3n) is 2.46. The van der Waals surface area contributed by atoms with E-state index in [4.69, 9.17) is 5.26 Å². The number of hydrogen-bond acceptors (Lipinski definition) is 3. The molecule has 0 saturated heterocycles. The average Bonchev–Trinajstić information content (AvgIpc) is 2.40. The van der Waals surface area contributed by atoms with Gasteiger partial charge in [-0.3, -0.25) is 0 Å². The Morgan fingerprint density at radius 1 is 1.18 bits per heavy atom. The zero-order valence-electron chi connectivity index (χ0n) is 9.43. The van der Waals surface area contributed by atoms with Crippen LogP contribution in [0.1, 0.15) is 11.3 Å². The fraction of sp³-hybridized carbons (Fsp3) is 0.143. The lowest BCUT2D eigenvalue weighted by molar-refractivity contribution is 1.02. The third-order valence-corrected chi connectivity index (χ3v) is 2.46. The topological polar surface area (TPSA) is 48.7 Å². The molecule has 0 spiro atoms. The van der Waals surface area contributed by atoms with E-state index in [-0.39, 0.29) is 0 Å². The molecule has 1 heterocycles. The van der Waals surface area contributed by atoms with Crippen molar-refractivity contribution in [1.29, 1.82) is 5.26 Å². The summed E-state index contributed by atoms with van der Waals surface area (Å²) in [5, 5.41) is 12.0. The van der Waals surface area contributed by atoms with E-state index in [2.05, 4.69) is 22.4 Å². The van der Waals surface area contributed by atoms with E-state index in [1.54, 1.807) is 12.3 Å². The number of hydrogen-bond donors (Lipinski definition) is 1. The summed E-state index contributed by atoms with van der Waals surface area (Å²) in [5.41, 5.74) is 2.68. The molecule has 3 heteroatoms.